The van der Waals surface area contributed by atoms with Crippen LogP contribution >= 0.6 is 0 Å². The average Bonchev–Trinajstić information content (AvgIpc) is 2.69. The number of hydrogen-bond donors (Lipinski definition) is 0. The van der Waals surface area contributed by atoms with E-state index in [9.17, 15) is 18.8 Å². The third-order valence-electron chi connectivity index (χ3n) is 2.90. The van der Waals surface area contributed by atoms with Crippen molar-refractivity contribution in [3.8, 4) is 0 Å². The lowest BCUT2D eigenvalue weighted by Gasteiger charge is -2.27. The number of methoxy groups -OCH3 is 1. The molecule has 0 unspecified atom stereocenters. The maximum Gasteiger partial charge on any atom is 0.303 e. The Morgan fingerprint density at radius 1 is 1.09 bits per heavy atom. The van der Waals surface area contributed by atoms with E-state index in [1.165, 1.54) is 14.0 Å². The molecule has 1 saturated heterocycles. The number of ether oxygens (including phenoxy) is 5. The Kier molecular flexibility index (Phi) is 6.69. The number of halogens is 1. The molecule has 1 aliphatic rings. The summed E-state index contributed by atoms with van der Waals surface area (Å²) in [5, 5.41) is 0. The van der Waals surface area contributed by atoms with Crippen molar-refractivity contribution in [2.24, 2.45) is 0 Å². The third-order valence-corrected chi connectivity index (χ3v) is 2.90. The molecule has 0 aromatic carbocycles. The summed E-state index contributed by atoms with van der Waals surface area (Å²) in [6, 6.07) is 0. The molecule has 9 heteroatoms. The zero-order valence-electron chi connectivity index (χ0n) is 12.7. The van der Waals surface area contributed by atoms with E-state index in [0.717, 1.165) is 13.8 Å². The van der Waals surface area contributed by atoms with E-state index in [4.69, 9.17) is 23.7 Å². The number of carbonyl (C=O) groups excluding carboxylic acids is 3. The molecule has 0 saturated carbocycles. The second-order valence-electron chi connectivity index (χ2n) is 4.68. The van der Waals surface area contributed by atoms with Gasteiger partial charge in [-0.3, -0.25) is 14.4 Å². The van der Waals surface area contributed by atoms with Gasteiger partial charge in [-0.25, -0.2) is 4.39 Å². The first-order chi connectivity index (χ1) is 10.3. The van der Waals surface area contributed by atoms with Gasteiger partial charge in [-0.05, 0) is 0 Å². The number of alkyl halides is 1. The molecule has 1 fully saturated rings. The fourth-order valence-electron chi connectivity index (χ4n) is 2.12. The monoisotopic (exact) mass is 322 g/mol. The second kappa shape index (κ2) is 8.04. The van der Waals surface area contributed by atoms with Gasteiger partial charge in [0.2, 0.25) is 6.36 Å². The van der Waals surface area contributed by atoms with Crippen LogP contribution in [-0.2, 0) is 38.1 Å². The minimum absolute atomic E-state index is 0.361. The van der Waals surface area contributed by atoms with Crippen LogP contribution in [0.25, 0.3) is 0 Å². The smallest absolute Gasteiger partial charge is 0.303 e. The van der Waals surface area contributed by atoms with Gasteiger partial charge >= 0.3 is 17.9 Å². The summed E-state index contributed by atoms with van der Waals surface area (Å²) >= 11 is 0. The predicted molar refractivity (Wildman–Crippen MR) is 68.3 cm³/mol. The zero-order valence-corrected chi connectivity index (χ0v) is 12.7. The fraction of sp³-hybridized carbons (Fsp3) is 0.769. The molecule has 8 nitrogen and oxygen atoms in total. The molecule has 0 amide bonds. The fourth-order valence-corrected chi connectivity index (χ4v) is 2.12. The van der Waals surface area contributed by atoms with Crippen LogP contribution in [0.1, 0.15) is 20.8 Å². The first-order valence-corrected chi connectivity index (χ1v) is 6.56. The van der Waals surface area contributed by atoms with Gasteiger partial charge in [0, 0.05) is 27.9 Å². The standard InChI is InChI=1S/C13H19FO8/c1-6(15)19-5-9(20-7(2)16)10-11(21-8(3)17)12(18-4)13(14)22-10/h9-13H,5H2,1-4H3/t9-,10+,11-,12+,13+/m0/s1. The molecule has 1 aliphatic heterocycles. The molecule has 0 bridgehead atoms. The Morgan fingerprint density at radius 3 is 2.18 bits per heavy atom. The van der Waals surface area contributed by atoms with Crippen LogP contribution in [-0.4, -0.2) is 62.4 Å². The van der Waals surface area contributed by atoms with Crippen molar-refractivity contribution in [2.75, 3.05) is 13.7 Å². The van der Waals surface area contributed by atoms with Gasteiger partial charge in [0.15, 0.2) is 18.3 Å². The maximum atomic E-state index is 13.8. The van der Waals surface area contributed by atoms with Crippen LogP contribution in [0.2, 0.25) is 0 Å². The summed E-state index contributed by atoms with van der Waals surface area (Å²) in [5.41, 5.74) is 0. The molecule has 0 N–H and O–H groups in total. The third kappa shape index (κ3) is 4.92. The molecule has 0 aromatic rings. The van der Waals surface area contributed by atoms with Gasteiger partial charge in [-0.1, -0.05) is 0 Å². The molecule has 126 valence electrons. The number of esters is 3. The quantitative estimate of drug-likeness (QED) is 0.502. The van der Waals surface area contributed by atoms with E-state index in [0.29, 0.717) is 0 Å². The molecule has 1 rings (SSSR count). The van der Waals surface area contributed by atoms with Crippen molar-refractivity contribution in [1.29, 1.82) is 0 Å². The van der Waals surface area contributed by atoms with Crippen molar-refractivity contribution < 1.29 is 42.5 Å². The summed E-state index contributed by atoms with van der Waals surface area (Å²) in [7, 11) is 1.23. The molecule has 0 radical (unpaired) electrons. The summed E-state index contributed by atoms with van der Waals surface area (Å²) < 4.78 is 38.6. The van der Waals surface area contributed by atoms with E-state index in [1.807, 2.05) is 0 Å². The molecule has 5 atom stereocenters. The van der Waals surface area contributed by atoms with Gasteiger partial charge in [0.1, 0.15) is 12.7 Å². The molecule has 22 heavy (non-hydrogen) atoms. The van der Waals surface area contributed by atoms with Gasteiger partial charge in [0.05, 0.1) is 0 Å². The van der Waals surface area contributed by atoms with Crippen molar-refractivity contribution >= 4 is 17.9 Å². The molecule has 0 spiro atoms. The largest absolute Gasteiger partial charge is 0.462 e. The first kappa shape index (κ1) is 18.3. The Bertz CT molecular complexity index is 426. The van der Waals surface area contributed by atoms with E-state index >= 15 is 0 Å². The van der Waals surface area contributed by atoms with E-state index in [-0.39, 0.29) is 6.61 Å². The zero-order chi connectivity index (χ0) is 16.9. The normalized spacial score (nSPS) is 28.8. The maximum absolute atomic E-state index is 13.8. The van der Waals surface area contributed by atoms with Crippen LogP contribution in [0, 0.1) is 0 Å². The Hall–Kier alpha value is -1.74. The lowest BCUT2D eigenvalue weighted by Crippen LogP contribution is -2.46. The predicted octanol–water partition coefficient (Wildman–Crippen LogP) is 0.122. The van der Waals surface area contributed by atoms with Crippen molar-refractivity contribution in [3.05, 3.63) is 0 Å². The van der Waals surface area contributed by atoms with Crippen LogP contribution in [0.3, 0.4) is 0 Å². The lowest BCUT2D eigenvalue weighted by atomic mass is 10.1. The van der Waals surface area contributed by atoms with Gasteiger partial charge in [-0.2, -0.15) is 0 Å². The van der Waals surface area contributed by atoms with Crippen molar-refractivity contribution in [2.45, 2.75) is 51.5 Å². The van der Waals surface area contributed by atoms with Crippen LogP contribution in [0.4, 0.5) is 4.39 Å². The summed E-state index contributed by atoms with van der Waals surface area (Å²) in [5.74, 6) is -1.97. The molecular formula is C13H19FO8. The van der Waals surface area contributed by atoms with Crippen LogP contribution in [0.15, 0.2) is 0 Å². The van der Waals surface area contributed by atoms with Crippen molar-refractivity contribution in [1.82, 2.24) is 0 Å². The van der Waals surface area contributed by atoms with E-state index in [1.54, 1.807) is 0 Å². The topological polar surface area (TPSA) is 97.4 Å². The summed E-state index contributed by atoms with van der Waals surface area (Å²) in [4.78, 5) is 33.2. The average molecular weight is 322 g/mol. The lowest BCUT2D eigenvalue weighted by molar-refractivity contribution is -0.177. The molecule has 1 heterocycles. The Morgan fingerprint density at radius 2 is 1.73 bits per heavy atom. The Labute approximate surface area is 126 Å². The van der Waals surface area contributed by atoms with Crippen LogP contribution < -0.4 is 0 Å². The number of carbonyl (C=O) groups is 3. The van der Waals surface area contributed by atoms with E-state index < -0.39 is 48.7 Å². The highest BCUT2D eigenvalue weighted by molar-refractivity contribution is 5.67. The Balaban J connectivity index is 2.94. The molecular weight excluding hydrogens is 303 g/mol. The van der Waals surface area contributed by atoms with Gasteiger partial charge in [-0.15, -0.1) is 0 Å². The van der Waals surface area contributed by atoms with Crippen LogP contribution in [0.5, 0.6) is 0 Å². The molecule has 0 aliphatic carbocycles. The first-order valence-electron chi connectivity index (χ1n) is 6.56. The molecule has 0 aromatic heterocycles. The minimum Gasteiger partial charge on any atom is -0.462 e. The summed E-state index contributed by atoms with van der Waals surface area (Å²) in [6.07, 6.45) is -6.49. The number of hydrogen-bond acceptors (Lipinski definition) is 8. The highest BCUT2D eigenvalue weighted by Crippen LogP contribution is 2.30. The highest BCUT2D eigenvalue weighted by Gasteiger charge is 2.52. The van der Waals surface area contributed by atoms with Crippen molar-refractivity contribution in [3.63, 3.8) is 0 Å². The second-order valence-corrected chi connectivity index (χ2v) is 4.68. The number of rotatable bonds is 6. The van der Waals surface area contributed by atoms with Gasteiger partial charge < -0.3 is 23.7 Å². The van der Waals surface area contributed by atoms with E-state index in [2.05, 4.69) is 0 Å². The SMILES string of the molecule is CO[C@@H]1[C@@H](OC(C)=O)[C@@H]([C@H](COC(C)=O)OC(C)=O)O[C@H]1F. The minimum atomic E-state index is -1.88. The highest BCUT2D eigenvalue weighted by atomic mass is 19.1. The summed E-state index contributed by atoms with van der Waals surface area (Å²) in [6.45, 7) is 3.08. The van der Waals surface area contributed by atoms with Gasteiger partial charge in [0.25, 0.3) is 0 Å².